The van der Waals surface area contributed by atoms with Crippen LogP contribution in [0.25, 0.3) is 0 Å². The fourth-order valence-corrected chi connectivity index (χ4v) is 4.19. The van der Waals surface area contributed by atoms with Crippen molar-refractivity contribution >= 4 is 5.91 Å². The summed E-state index contributed by atoms with van der Waals surface area (Å²) in [5.74, 6) is 0.311. The molecule has 5 nitrogen and oxygen atoms in total. The summed E-state index contributed by atoms with van der Waals surface area (Å²) in [6.45, 7) is 5.06. The number of carbonyl (C=O) groups is 1. The zero-order valence-corrected chi connectivity index (χ0v) is 16.3. The van der Waals surface area contributed by atoms with Crippen LogP contribution in [-0.2, 0) is 14.3 Å². The van der Waals surface area contributed by atoms with Crippen molar-refractivity contribution in [3.8, 4) is 0 Å². The van der Waals surface area contributed by atoms with Crippen LogP contribution < -0.4 is 0 Å². The Balaban J connectivity index is 1.66. The normalized spacial score (nSPS) is 30.1. The first-order chi connectivity index (χ1) is 12.6. The van der Waals surface area contributed by atoms with E-state index in [1.807, 2.05) is 18.0 Å². The highest BCUT2D eigenvalue weighted by atomic mass is 16.5. The minimum Gasteiger partial charge on any atom is -0.378 e. The molecule has 2 aliphatic rings. The molecule has 26 heavy (non-hydrogen) atoms. The van der Waals surface area contributed by atoms with Crippen LogP contribution in [0.15, 0.2) is 30.3 Å². The second-order valence-electron chi connectivity index (χ2n) is 7.59. The van der Waals surface area contributed by atoms with Gasteiger partial charge in [-0.2, -0.15) is 0 Å². The molecule has 2 heterocycles. The average Bonchev–Trinajstić information content (AvgIpc) is 2.68. The largest absolute Gasteiger partial charge is 0.378 e. The van der Waals surface area contributed by atoms with Crippen LogP contribution >= 0.6 is 0 Å². The van der Waals surface area contributed by atoms with Crippen LogP contribution in [0, 0.1) is 5.92 Å². The van der Waals surface area contributed by atoms with E-state index in [0.717, 1.165) is 25.8 Å². The first-order valence-corrected chi connectivity index (χ1v) is 9.83. The van der Waals surface area contributed by atoms with Crippen LogP contribution in [-0.4, -0.2) is 68.3 Å². The van der Waals surface area contributed by atoms with Crippen LogP contribution in [0.5, 0.6) is 0 Å². The molecule has 1 amide bonds. The first kappa shape index (κ1) is 19.3. The van der Waals surface area contributed by atoms with Crippen molar-refractivity contribution in [2.75, 3.05) is 40.4 Å². The average molecular weight is 360 g/mol. The van der Waals surface area contributed by atoms with Crippen LogP contribution in [0.3, 0.4) is 0 Å². The van der Waals surface area contributed by atoms with E-state index in [-0.39, 0.29) is 30.1 Å². The molecule has 0 aromatic heterocycles. The Kier molecular flexibility index (Phi) is 6.68. The molecule has 0 spiro atoms. The van der Waals surface area contributed by atoms with Gasteiger partial charge in [-0.3, -0.25) is 9.69 Å². The molecule has 3 rings (SSSR count). The summed E-state index contributed by atoms with van der Waals surface area (Å²) < 4.78 is 11.8. The number of morpholine rings is 1. The third-order valence-corrected chi connectivity index (χ3v) is 5.75. The van der Waals surface area contributed by atoms with Gasteiger partial charge in [-0.1, -0.05) is 37.3 Å². The summed E-state index contributed by atoms with van der Waals surface area (Å²) in [4.78, 5) is 17.2. The molecule has 0 bridgehead atoms. The van der Waals surface area contributed by atoms with E-state index >= 15 is 0 Å². The Morgan fingerprint density at radius 2 is 2.00 bits per heavy atom. The lowest BCUT2D eigenvalue weighted by molar-refractivity contribution is -0.144. The molecule has 0 unspecified atom stereocenters. The molecule has 0 saturated carbocycles. The van der Waals surface area contributed by atoms with Crippen molar-refractivity contribution in [1.29, 1.82) is 0 Å². The lowest BCUT2D eigenvalue weighted by atomic mass is 9.92. The lowest BCUT2D eigenvalue weighted by Gasteiger charge is -2.41. The van der Waals surface area contributed by atoms with E-state index in [2.05, 4.69) is 43.1 Å². The third kappa shape index (κ3) is 4.45. The Morgan fingerprint density at radius 1 is 1.23 bits per heavy atom. The van der Waals surface area contributed by atoms with E-state index in [9.17, 15) is 4.79 Å². The number of carbonyl (C=O) groups excluding carboxylic acids is 1. The Bertz CT molecular complexity index is 580. The van der Waals surface area contributed by atoms with Gasteiger partial charge in [-0.25, -0.2) is 0 Å². The number of nitrogens with zero attached hydrogens (tertiary/aromatic N) is 2. The molecule has 2 fully saturated rings. The van der Waals surface area contributed by atoms with Crippen molar-refractivity contribution in [3.63, 3.8) is 0 Å². The van der Waals surface area contributed by atoms with Gasteiger partial charge in [-0.15, -0.1) is 0 Å². The van der Waals surface area contributed by atoms with E-state index in [1.165, 1.54) is 5.56 Å². The molecule has 4 atom stereocenters. The van der Waals surface area contributed by atoms with Crippen molar-refractivity contribution in [3.05, 3.63) is 35.9 Å². The van der Waals surface area contributed by atoms with Crippen molar-refractivity contribution in [1.82, 2.24) is 9.80 Å². The topological polar surface area (TPSA) is 42.0 Å². The molecule has 5 heteroatoms. The molecule has 2 saturated heterocycles. The molecule has 1 aromatic carbocycles. The number of rotatable bonds is 5. The highest BCUT2D eigenvalue weighted by Crippen LogP contribution is 2.30. The quantitative estimate of drug-likeness (QED) is 0.810. The minimum atomic E-state index is -0.00749. The summed E-state index contributed by atoms with van der Waals surface area (Å²) in [7, 11) is 4.05. The first-order valence-electron chi connectivity index (χ1n) is 9.83. The zero-order valence-electron chi connectivity index (χ0n) is 16.3. The van der Waals surface area contributed by atoms with Gasteiger partial charge < -0.3 is 14.4 Å². The van der Waals surface area contributed by atoms with Gasteiger partial charge in [0.05, 0.1) is 24.9 Å². The van der Waals surface area contributed by atoms with Crippen molar-refractivity contribution < 1.29 is 14.3 Å². The maximum absolute atomic E-state index is 13.0. The summed E-state index contributed by atoms with van der Waals surface area (Å²) in [6, 6.07) is 10.6. The molecule has 0 radical (unpaired) electrons. The smallest absolute Gasteiger partial charge is 0.225 e. The monoisotopic (exact) mass is 360 g/mol. The van der Waals surface area contributed by atoms with Gasteiger partial charge in [0.25, 0.3) is 0 Å². The molecule has 1 aromatic rings. The Hall–Kier alpha value is -1.43. The lowest BCUT2D eigenvalue weighted by Crippen LogP contribution is -2.50. The summed E-state index contributed by atoms with van der Waals surface area (Å²) in [5, 5.41) is 0. The molecule has 0 aliphatic carbocycles. The van der Waals surface area contributed by atoms with Crippen molar-refractivity contribution in [2.24, 2.45) is 5.92 Å². The molecule has 0 N–H and O–H groups in total. The third-order valence-electron chi connectivity index (χ3n) is 5.75. The molecule has 2 aliphatic heterocycles. The van der Waals surface area contributed by atoms with Crippen LogP contribution in [0.4, 0.5) is 0 Å². The number of amides is 1. The fraction of sp³-hybridized carbons (Fsp3) is 0.667. The zero-order chi connectivity index (χ0) is 18.5. The van der Waals surface area contributed by atoms with Gasteiger partial charge in [0, 0.05) is 32.7 Å². The van der Waals surface area contributed by atoms with E-state index in [1.54, 1.807) is 0 Å². The highest BCUT2D eigenvalue weighted by Gasteiger charge is 2.35. The van der Waals surface area contributed by atoms with Gasteiger partial charge in [-0.05, 0) is 31.9 Å². The van der Waals surface area contributed by atoms with Gasteiger partial charge in [0.2, 0.25) is 5.91 Å². The second kappa shape index (κ2) is 8.98. The number of hydrogen-bond acceptors (Lipinski definition) is 4. The molecule has 144 valence electrons. The van der Waals surface area contributed by atoms with Gasteiger partial charge in [0.1, 0.15) is 0 Å². The Morgan fingerprint density at radius 3 is 2.73 bits per heavy atom. The van der Waals surface area contributed by atoms with E-state index in [0.29, 0.717) is 19.8 Å². The number of likely N-dealkylation sites (N-methyl/N-ethyl adjacent to an activating group) is 2. The Labute approximate surface area is 157 Å². The SMILES string of the molecule is CC[C@@H]1C[C@H](C(=O)N(C)C[C@@H]2OCCN(C)[C@H]2c2ccccc2)CCO1. The van der Waals surface area contributed by atoms with E-state index < -0.39 is 0 Å². The number of ether oxygens (including phenoxy) is 2. The minimum absolute atomic E-state index is 0.00749. The summed E-state index contributed by atoms with van der Waals surface area (Å²) in [6.07, 6.45) is 2.85. The maximum Gasteiger partial charge on any atom is 0.225 e. The van der Waals surface area contributed by atoms with Gasteiger partial charge >= 0.3 is 0 Å². The fourth-order valence-electron chi connectivity index (χ4n) is 4.19. The summed E-state index contributed by atoms with van der Waals surface area (Å²) >= 11 is 0. The summed E-state index contributed by atoms with van der Waals surface area (Å²) in [5.41, 5.74) is 1.25. The van der Waals surface area contributed by atoms with Crippen molar-refractivity contribution in [2.45, 2.75) is 44.4 Å². The van der Waals surface area contributed by atoms with E-state index in [4.69, 9.17) is 9.47 Å². The van der Waals surface area contributed by atoms with Crippen LogP contribution in [0.2, 0.25) is 0 Å². The highest BCUT2D eigenvalue weighted by molar-refractivity contribution is 5.78. The number of hydrogen-bond donors (Lipinski definition) is 0. The second-order valence-corrected chi connectivity index (χ2v) is 7.59. The van der Waals surface area contributed by atoms with Crippen LogP contribution in [0.1, 0.15) is 37.8 Å². The van der Waals surface area contributed by atoms with Gasteiger partial charge in [0.15, 0.2) is 0 Å². The standard InChI is InChI=1S/C21H32N2O3/c1-4-18-14-17(10-12-25-18)21(24)23(3)15-19-20(22(2)11-13-26-19)16-8-6-5-7-9-16/h5-9,17-20H,4,10-15H2,1-3H3/t17-,18-,19+,20+/m1/s1. The number of benzene rings is 1. The molecular formula is C21H32N2O3. The predicted octanol–water partition coefficient (Wildman–Crippen LogP) is 2.72. The molecular weight excluding hydrogens is 328 g/mol. The predicted molar refractivity (Wildman–Crippen MR) is 102 cm³/mol. The maximum atomic E-state index is 13.0.